The lowest BCUT2D eigenvalue weighted by Crippen LogP contribution is -2.38. The van der Waals surface area contributed by atoms with Gasteiger partial charge in [0.1, 0.15) is 0 Å². The summed E-state index contributed by atoms with van der Waals surface area (Å²) in [7, 11) is 0. The molecular formula is C15H29ClN2O. The number of amides is 1. The van der Waals surface area contributed by atoms with E-state index in [0.717, 1.165) is 38.4 Å². The van der Waals surface area contributed by atoms with Gasteiger partial charge in [0.05, 0.1) is 0 Å². The maximum atomic E-state index is 11.9. The molecule has 0 aromatic carbocycles. The Labute approximate surface area is 123 Å². The van der Waals surface area contributed by atoms with Crippen LogP contribution < -0.4 is 10.6 Å². The van der Waals surface area contributed by atoms with Crippen molar-refractivity contribution in [2.24, 2.45) is 11.8 Å². The number of carbonyl (C=O) groups is 1. The van der Waals surface area contributed by atoms with Crippen molar-refractivity contribution in [3.63, 3.8) is 0 Å². The van der Waals surface area contributed by atoms with Gasteiger partial charge in [0.15, 0.2) is 0 Å². The molecule has 0 unspecified atom stereocenters. The number of hydrogen-bond acceptors (Lipinski definition) is 2. The van der Waals surface area contributed by atoms with Gasteiger partial charge in [-0.05, 0) is 44.7 Å². The Morgan fingerprint density at radius 2 is 1.74 bits per heavy atom. The lowest BCUT2D eigenvalue weighted by atomic mass is 9.86. The van der Waals surface area contributed by atoms with Crippen molar-refractivity contribution in [1.82, 2.24) is 10.6 Å². The molecule has 0 aromatic rings. The highest BCUT2D eigenvalue weighted by Gasteiger charge is 2.20. The van der Waals surface area contributed by atoms with E-state index in [-0.39, 0.29) is 18.3 Å². The SMILES string of the molecule is Cl.O=C(NCCCC1CCCCC1)C1CCNCC1. The third-order valence-corrected chi connectivity index (χ3v) is 4.52. The normalized spacial score (nSPS) is 21.7. The Hall–Kier alpha value is -0.280. The largest absolute Gasteiger partial charge is 0.356 e. The molecule has 0 aromatic heterocycles. The minimum atomic E-state index is 0. The molecule has 1 aliphatic carbocycles. The molecule has 2 aliphatic rings. The van der Waals surface area contributed by atoms with E-state index in [0.29, 0.717) is 5.91 Å². The molecule has 1 amide bonds. The molecule has 1 saturated carbocycles. The first-order chi connectivity index (χ1) is 8.86. The van der Waals surface area contributed by atoms with Crippen LogP contribution in [0.3, 0.4) is 0 Å². The van der Waals surface area contributed by atoms with Crippen molar-refractivity contribution in [1.29, 1.82) is 0 Å². The van der Waals surface area contributed by atoms with Crippen molar-refractivity contribution in [3.8, 4) is 0 Å². The summed E-state index contributed by atoms with van der Waals surface area (Å²) in [4.78, 5) is 11.9. The first-order valence-electron chi connectivity index (χ1n) is 7.84. The number of piperidine rings is 1. The van der Waals surface area contributed by atoms with Gasteiger partial charge in [-0.2, -0.15) is 0 Å². The van der Waals surface area contributed by atoms with Crippen LogP contribution in [0.2, 0.25) is 0 Å². The summed E-state index contributed by atoms with van der Waals surface area (Å²) >= 11 is 0. The van der Waals surface area contributed by atoms with Crippen LogP contribution in [0.1, 0.15) is 57.8 Å². The topological polar surface area (TPSA) is 41.1 Å². The summed E-state index contributed by atoms with van der Waals surface area (Å²) in [6.45, 7) is 2.89. The molecule has 2 N–H and O–H groups in total. The van der Waals surface area contributed by atoms with Gasteiger partial charge in [-0.1, -0.05) is 32.1 Å². The average Bonchev–Trinajstić information content (AvgIpc) is 2.45. The molecule has 2 fully saturated rings. The summed E-state index contributed by atoms with van der Waals surface area (Å²) in [5.74, 6) is 1.50. The predicted molar refractivity (Wildman–Crippen MR) is 81.7 cm³/mol. The molecule has 0 radical (unpaired) electrons. The van der Waals surface area contributed by atoms with Crippen LogP contribution >= 0.6 is 12.4 Å². The number of hydrogen-bond donors (Lipinski definition) is 2. The van der Waals surface area contributed by atoms with E-state index >= 15 is 0 Å². The Balaban J connectivity index is 0.00000180. The second-order valence-corrected chi connectivity index (χ2v) is 5.96. The van der Waals surface area contributed by atoms with Crippen molar-refractivity contribution in [2.45, 2.75) is 57.8 Å². The van der Waals surface area contributed by atoms with Crippen molar-refractivity contribution < 1.29 is 4.79 Å². The number of nitrogens with one attached hydrogen (secondary N) is 2. The van der Waals surface area contributed by atoms with Crippen LogP contribution in [0.5, 0.6) is 0 Å². The van der Waals surface area contributed by atoms with Crippen molar-refractivity contribution in [3.05, 3.63) is 0 Å². The molecule has 1 saturated heterocycles. The first-order valence-corrected chi connectivity index (χ1v) is 7.84. The number of halogens is 1. The molecule has 2 rings (SSSR count). The van der Waals surface area contributed by atoms with Gasteiger partial charge < -0.3 is 10.6 Å². The lowest BCUT2D eigenvalue weighted by molar-refractivity contribution is -0.125. The van der Waals surface area contributed by atoms with Gasteiger partial charge in [-0.25, -0.2) is 0 Å². The zero-order chi connectivity index (χ0) is 12.6. The van der Waals surface area contributed by atoms with Crippen LogP contribution in [0.15, 0.2) is 0 Å². The molecule has 4 heteroatoms. The lowest BCUT2D eigenvalue weighted by Gasteiger charge is -2.23. The molecule has 0 bridgehead atoms. The molecule has 0 spiro atoms. The Kier molecular flexibility index (Phi) is 8.47. The standard InChI is InChI=1S/C15H28N2O.ClH/c18-15(14-8-11-16-12-9-14)17-10-4-7-13-5-2-1-3-6-13;/h13-14,16H,1-12H2,(H,17,18);1H. The van der Waals surface area contributed by atoms with Gasteiger partial charge in [0.2, 0.25) is 5.91 Å². The van der Waals surface area contributed by atoms with Crippen molar-refractivity contribution in [2.75, 3.05) is 19.6 Å². The molecule has 3 nitrogen and oxygen atoms in total. The number of carbonyl (C=O) groups excluding carboxylic acids is 1. The second kappa shape index (κ2) is 9.60. The van der Waals surface area contributed by atoms with Crippen LogP contribution in [0, 0.1) is 11.8 Å². The van der Waals surface area contributed by atoms with Crippen LogP contribution in [0.25, 0.3) is 0 Å². The van der Waals surface area contributed by atoms with Crippen LogP contribution in [-0.2, 0) is 4.79 Å². The van der Waals surface area contributed by atoms with E-state index in [1.165, 1.54) is 44.9 Å². The maximum absolute atomic E-state index is 11.9. The maximum Gasteiger partial charge on any atom is 0.223 e. The summed E-state index contributed by atoms with van der Waals surface area (Å²) in [5.41, 5.74) is 0. The van der Waals surface area contributed by atoms with Crippen LogP contribution in [-0.4, -0.2) is 25.5 Å². The van der Waals surface area contributed by atoms with E-state index in [4.69, 9.17) is 0 Å². The fraction of sp³-hybridized carbons (Fsp3) is 0.933. The Bertz CT molecular complexity index is 249. The highest BCUT2D eigenvalue weighted by molar-refractivity contribution is 5.85. The van der Waals surface area contributed by atoms with Gasteiger partial charge in [0, 0.05) is 12.5 Å². The van der Waals surface area contributed by atoms with E-state index in [1.807, 2.05) is 0 Å². The minimum Gasteiger partial charge on any atom is -0.356 e. The first kappa shape index (κ1) is 16.8. The summed E-state index contributed by atoms with van der Waals surface area (Å²) in [5, 5.41) is 6.43. The molecule has 1 heterocycles. The van der Waals surface area contributed by atoms with Gasteiger partial charge in [0.25, 0.3) is 0 Å². The molecule has 0 atom stereocenters. The molecule has 112 valence electrons. The quantitative estimate of drug-likeness (QED) is 0.764. The van der Waals surface area contributed by atoms with Gasteiger partial charge >= 0.3 is 0 Å². The fourth-order valence-electron chi connectivity index (χ4n) is 3.31. The summed E-state index contributed by atoms with van der Waals surface area (Å²) in [6.07, 6.45) is 11.6. The van der Waals surface area contributed by atoms with Gasteiger partial charge in [-0.15, -0.1) is 12.4 Å². The third-order valence-electron chi connectivity index (χ3n) is 4.52. The van der Waals surface area contributed by atoms with Crippen LogP contribution in [0.4, 0.5) is 0 Å². The monoisotopic (exact) mass is 288 g/mol. The Morgan fingerprint density at radius 3 is 2.42 bits per heavy atom. The molecule has 19 heavy (non-hydrogen) atoms. The zero-order valence-corrected chi connectivity index (χ0v) is 12.8. The molecule has 1 aliphatic heterocycles. The average molecular weight is 289 g/mol. The zero-order valence-electron chi connectivity index (χ0n) is 12.0. The summed E-state index contributed by atoms with van der Waals surface area (Å²) in [6, 6.07) is 0. The van der Waals surface area contributed by atoms with E-state index in [1.54, 1.807) is 0 Å². The Morgan fingerprint density at radius 1 is 1.05 bits per heavy atom. The summed E-state index contributed by atoms with van der Waals surface area (Å²) < 4.78 is 0. The van der Waals surface area contributed by atoms with E-state index in [9.17, 15) is 4.79 Å². The van der Waals surface area contributed by atoms with Gasteiger partial charge in [-0.3, -0.25) is 4.79 Å². The number of rotatable bonds is 5. The predicted octanol–water partition coefficient (Wildman–Crippen LogP) is 2.88. The molecular weight excluding hydrogens is 260 g/mol. The van der Waals surface area contributed by atoms with E-state index in [2.05, 4.69) is 10.6 Å². The highest BCUT2D eigenvalue weighted by Crippen LogP contribution is 2.26. The van der Waals surface area contributed by atoms with Crippen molar-refractivity contribution >= 4 is 18.3 Å². The third kappa shape index (κ3) is 6.13. The fourth-order valence-corrected chi connectivity index (χ4v) is 3.31. The highest BCUT2D eigenvalue weighted by atomic mass is 35.5. The second-order valence-electron chi connectivity index (χ2n) is 5.96. The smallest absolute Gasteiger partial charge is 0.223 e. The van der Waals surface area contributed by atoms with E-state index < -0.39 is 0 Å². The minimum absolute atomic E-state index is 0.